The second-order valence-corrected chi connectivity index (χ2v) is 5.54. The molecule has 1 aliphatic rings. The maximum absolute atomic E-state index is 11.7. The largest absolute Gasteiger partial charge is 0.497 e. The number of methoxy groups -OCH3 is 2. The van der Waals surface area contributed by atoms with Gasteiger partial charge < -0.3 is 19.7 Å². The Hall–Kier alpha value is -3.10. The van der Waals surface area contributed by atoms with Crippen LogP contribution in [0.5, 0.6) is 11.5 Å². The van der Waals surface area contributed by atoms with Crippen LogP contribution in [0, 0.1) is 10.1 Å². The first kappa shape index (κ1) is 16.7. The minimum Gasteiger partial charge on any atom is -0.497 e. The van der Waals surface area contributed by atoms with Gasteiger partial charge in [-0.25, -0.2) is 9.97 Å². The van der Waals surface area contributed by atoms with Gasteiger partial charge in [0.05, 0.1) is 24.8 Å². The van der Waals surface area contributed by atoms with E-state index < -0.39 is 4.92 Å². The first-order valence-electron chi connectivity index (χ1n) is 7.87. The molecule has 1 N–H and O–H groups in total. The molecule has 2 aromatic rings. The fourth-order valence-electron chi connectivity index (χ4n) is 2.82. The molecule has 2 heterocycles. The van der Waals surface area contributed by atoms with Crippen molar-refractivity contribution in [1.82, 2.24) is 9.97 Å². The van der Waals surface area contributed by atoms with Gasteiger partial charge in [0.15, 0.2) is 0 Å². The molecule has 1 aliphatic heterocycles. The van der Waals surface area contributed by atoms with Gasteiger partial charge in [0.25, 0.3) is 0 Å². The number of nitro groups is 1. The first-order chi connectivity index (χ1) is 12.1. The van der Waals surface area contributed by atoms with Crippen molar-refractivity contribution in [2.45, 2.75) is 12.8 Å². The molecule has 0 bridgehead atoms. The summed E-state index contributed by atoms with van der Waals surface area (Å²) in [5, 5.41) is 14.6. The highest BCUT2D eigenvalue weighted by Crippen LogP contribution is 2.37. The number of benzene rings is 1. The van der Waals surface area contributed by atoms with Crippen molar-refractivity contribution in [2.24, 2.45) is 0 Å². The van der Waals surface area contributed by atoms with Crippen LogP contribution in [0.2, 0.25) is 0 Å². The van der Waals surface area contributed by atoms with Crippen molar-refractivity contribution >= 4 is 23.0 Å². The Kier molecular flexibility index (Phi) is 4.82. The smallest absolute Gasteiger partial charge is 0.353 e. The van der Waals surface area contributed by atoms with Crippen LogP contribution in [-0.2, 0) is 0 Å². The SMILES string of the molecule is COc1ccc(Nc2ncnc(N3CCCC3)c2[N+](=O)[O-])c(OC)c1. The zero-order chi connectivity index (χ0) is 17.8. The lowest BCUT2D eigenvalue weighted by Gasteiger charge is -2.17. The third kappa shape index (κ3) is 3.39. The average Bonchev–Trinajstić information content (AvgIpc) is 3.16. The molecule has 1 fully saturated rings. The molecule has 1 aromatic carbocycles. The van der Waals surface area contributed by atoms with Gasteiger partial charge in [-0.1, -0.05) is 0 Å². The molecule has 0 atom stereocenters. The van der Waals surface area contributed by atoms with Crippen LogP contribution in [0.3, 0.4) is 0 Å². The lowest BCUT2D eigenvalue weighted by molar-refractivity contribution is -0.383. The van der Waals surface area contributed by atoms with E-state index in [-0.39, 0.29) is 11.5 Å². The molecule has 0 spiro atoms. The van der Waals surface area contributed by atoms with Crippen molar-refractivity contribution < 1.29 is 14.4 Å². The van der Waals surface area contributed by atoms with Crippen LogP contribution in [0.4, 0.5) is 23.0 Å². The lowest BCUT2D eigenvalue weighted by Crippen LogP contribution is -2.21. The molecular formula is C16H19N5O4. The van der Waals surface area contributed by atoms with Crippen LogP contribution in [0.25, 0.3) is 0 Å². The summed E-state index contributed by atoms with van der Waals surface area (Å²) in [7, 11) is 3.07. The van der Waals surface area contributed by atoms with Crippen molar-refractivity contribution in [3.05, 3.63) is 34.6 Å². The van der Waals surface area contributed by atoms with Gasteiger partial charge in [0.2, 0.25) is 11.6 Å². The normalized spacial score (nSPS) is 13.6. The summed E-state index contributed by atoms with van der Waals surface area (Å²) < 4.78 is 10.5. The van der Waals surface area contributed by atoms with Gasteiger partial charge in [0, 0.05) is 19.2 Å². The topological polar surface area (TPSA) is 103 Å². The molecule has 1 aromatic heterocycles. The van der Waals surface area contributed by atoms with Gasteiger partial charge in [-0.3, -0.25) is 10.1 Å². The summed E-state index contributed by atoms with van der Waals surface area (Å²) in [6.07, 6.45) is 3.32. The fraction of sp³-hybridized carbons (Fsp3) is 0.375. The average molecular weight is 345 g/mol. The predicted octanol–water partition coefficient (Wildman–Crippen LogP) is 2.75. The number of nitrogens with zero attached hydrogens (tertiary/aromatic N) is 4. The third-order valence-corrected chi connectivity index (χ3v) is 4.05. The number of ether oxygens (including phenoxy) is 2. The highest BCUT2D eigenvalue weighted by Gasteiger charge is 2.29. The van der Waals surface area contributed by atoms with Gasteiger partial charge >= 0.3 is 5.69 Å². The van der Waals surface area contributed by atoms with Gasteiger partial charge in [0.1, 0.15) is 17.8 Å². The lowest BCUT2D eigenvalue weighted by atomic mass is 10.2. The number of anilines is 3. The second-order valence-electron chi connectivity index (χ2n) is 5.54. The Labute approximate surface area is 144 Å². The van der Waals surface area contributed by atoms with Crippen molar-refractivity contribution in [3.63, 3.8) is 0 Å². The molecule has 1 saturated heterocycles. The molecule has 9 nitrogen and oxygen atoms in total. The fourth-order valence-corrected chi connectivity index (χ4v) is 2.82. The summed E-state index contributed by atoms with van der Waals surface area (Å²) in [6.45, 7) is 1.51. The maximum Gasteiger partial charge on any atom is 0.353 e. The molecule has 0 aliphatic carbocycles. The second kappa shape index (κ2) is 7.20. The minimum atomic E-state index is -0.452. The number of hydrogen-bond donors (Lipinski definition) is 1. The van der Waals surface area contributed by atoms with Crippen LogP contribution < -0.4 is 19.7 Å². The van der Waals surface area contributed by atoms with Crippen LogP contribution >= 0.6 is 0 Å². The van der Waals surface area contributed by atoms with Crippen LogP contribution in [0.1, 0.15) is 12.8 Å². The highest BCUT2D eigenvalue weighted by atomic mass is 16.6. The number of rotatable bonds is 6. The first-order valence-corrected chi connectivity index (χ1v) is 7.87. The van der Waals surface area contributed by atoms with Crippen LogP contribution in [-0.4, -0.2) is 42.2 Å². The van der Waals surface area contributed by atoms with E-state index in [1.165, 1.54) is 13.4 Å². The number of nitrogens with one attached hydrogen (secondary N) is 1. The predicted molar refractivity (Wildman–Crippen MR) is 93.0 cm³/mol. The summed E-state index contributed by atoms with van der Waals surface area (Å²) in [5.74, 6) is 1.59. The van der Waals surface area contributed by atoms with E-state index in [1.807, 2.05) is 4.90 Å². The molecular weight excluding hydrogens is 326 g/mol. The molecule has 0 radical (unpaired) electrons. The summed E-state index contributed by atoms with van der Waals surface area (Å²) in [6, 6.07) is 5.15. The summed E-state index contributed by atoms with van der Waals surface area (Å²) >= 11 is 0. The summed E-state index contributed by atoms with van der Waals surface area (Å²) in [5.41, 5.74) is 0.416. The minimum absolute atomic E-state index is 0.130. The molecule has 3 rings (SSSR count). The number of hydrogen-bond acceptors (Lipinski definition) is 8. The highest BCUT2D eigenvalue weighted by molar-refractivity contribution is 5.76. The van der Waals surface area contributed by atoms with Gasteiger partial charge in [-0.05, 0) is 25.0 Å². The van der Waals surface area contributed by atoms with Crippen molar-refractivity contribution in [3.8, 4) is 11.5 Å². The number of aromatic nitrogens is 2. The third-order valence-electron chi connectivity index (χ3n) is 4.05. The molecule has 9 heteroatoms. The van der Waals surface area contributed by atoms with Crippen molar-refractivity contribution in [2.75, 3.05) is 37.5 Å². The Morgan fingerprint density at radius 3 is 2.60 bits per heavy atom. The van der Waals surface area contributed by atoms with Crippen LogP contribution in [0.15, 0.2) is 24.5 Å². The van der Waals surface area contributed by atoms with Gasteiger partial charge in [-0.2, -0.15) is 0 Å². The standard InChI is InChI=1S/C16H19N5O4/c1-24-11-5-6-12(13(9-11)25-2)19-15-14(21(22)23)16(18-10-17-15)20-7-3-4-8-20/h5-6,9-10H,3-4,7-8H2,1-2H3,(H,17,18,19). The maximum atomic E-state index is 11.7. The molecule has 132 valence electrons. The Bertz CT molecular complexity index is 777. The van der Waals surface area contributed by atoms with E-state index in [0.717, 1.165) is 25.9 Å². The zero-order valence-corrected chi connectivity index (χ0v) is 14.1. The quantitative estimate of drug-likeness (QED) is 0.630. The Balaban J connectivity index is 2.00. The molecule has 0 saturated carbocycles. The van der Waals surface area contributed by atoms with E-state index >= 15 is 0 Å². The Morgan fingerprint density at radius 1 is 1.20 bits per heavy atom. The zero-order valence-electron chi connectivity index (χ0n) is 14.1. The van der Waals surface area contributed by atoms with E-state index in [2.05, 4.69) is 15.3 Å². The van der Waals surface area contributed by atoms with E-state index in [1.54, 1.807) is 25.3 Å². The Morgan fingerprint density at radius 2 is 1.96 bits per heavy atom. The monoisotopic (exact) mass is 345 g/mol. The van der Waals surface area contributed by atoms with E-state index in [4.69, 9.17) is 9.47 Å². The van der Waals surface area contributed by atoms with E-state index in [9.17, 15) is 10.1 Å². The van der Waals surface area contributed by atoms with Gasteiger partial charge in [-0.15, -0.1) is 0 Å². The molecule has 0 amide bonds. The molecule has 0 unspecified atom stereocenters. The van der Waals surface area contributed by atoms with E-state index in [0.29, 0.717) is 23.0 Å². The molecule has 25 heavy (non-hydrogen) atoms. The summed E-state index contributed by atoms with van der Waals surface area (Å²) in [4.78, 5) is 21.3. The van der Waals surface area contributed by atoms with Crippen molar-refractivity contribution in [1.29, 1.82) is 0 Å².